The van der Waals surface area contributed by atoms with E-state index in [0.29, 0.717) is 37.7 Å². The second-order valence-electron chi connectivity index (χ2n) is 7.60. The fraction of sp³-hybridized carbons (Fsp3) is 0.240. The lowest BCUT2D eigenvalue weighted by Gasteiger charge is -2.22. The molecule has 2 amide bonds. The minimum atomic E-state index is -0.294. The minimum absolute atomic E-state index is 0.139. The Morgan fingerprint density at radius 1 is 1.06 bits per heavy atom. The van der Waals surface area contributed by atoms with E-state index < -0.39 is 0 Å². The van der Waals surface area contributed by atoms with Crippen LogP contribution in [0.2, 0.25) is 0 Å². The van der Waals surface area contributed by atoms with Gasteiger partial charge in [0.15, 0.2) is 11.5 Å². The zero-order valence-electron chi connectivity index (χ0n) is 18.4. The molecule has 0 fully saturated rings. The van der Waals surface area contributed by atoms with Crippen molar-refractivity contribution >= 4 is 11.8 Å². The lowest BCUT2D eigenvalue weighted by Crippen LogP contribution is -2.31. The summed E-state index contributed by atoms with van der Waals surface area (Å²) in [4.78, 5) is 31.2. The molecule has 0 aliphatic rings. The SMILES string of the molecule is CCCN(Cc1cccn1Cc1ccc(C(=O)NCc2ccccn2)o1)C(=O)c1ccco1. The van der Waals surface area contributed by atoms with E-state index in [4.69, 9.17) is 8.83 Å². The maximum absolute atomic E-state index is 12.8. The van der Waals surface area contributed by atoms with Gasteiger partial charge >= 0.3 is 0 Å². The minimum Gasteiger partial charge on any atom is -0.459 e. The van der Waals surface area contributed by atoms with Crippen molar-refractivity contribution in [3.8, 4) is 0 Å². The molecule has 4 aromatic heterocycles. The van der Waals surface area contributed by atoms with Crippen LogP contribution < -0.4 is 5.32 Å². The smallest absolute Gasteiger partial charge is 0.289 e. The molecule has 0 saturated heterocycles. The van der Waals surface area contributed by atoms with E-state index in [1.54, 1.807) is 35.4 Å². The summed E-state index contributed by atoms with van der Waals surface area (Å²) >= 11 is 0. The molecule has 0 radical (unpaired) electrons. The number of carbonyl (C=O) groups excluding carboxylic acids is 2. The Hall–Kier alpha value is -4.07. The van der Waals surface area contributed by atoms with Crippen LogP contribution in [-0.4, -0.2) is 32.8 Å². The van der Waals surface area contributed by atoms with E-state index in [1.807, 2.05) is 48.0 Å². The zero-order valence-corrected chi connectivity index (χ0v) is 18.4. The second kappa shape index (κ2) is 10.5. The number of nitrogens with zero attached hydrogens (tertiary/aromatic N) is 3. The van der Waals surface area contributed by atoms with Crippen LogP contribution in [0.4, 0.5) is 0 Å². The lowest BCUT2D eigenvalue weighted by atomic mass is 10.3. The van der Waals surface area contributed by atoms with Crippen molar-refractivity contribution < 1.29 is 18.4 Å². The van der Waals surface area contributed by atoms with Crippen LogP contribution in [0.3, 0.4) is 0 Å². The number of rotatable bonds is 10. The van der Waals surface area contributed by atoms with E-state index in [-0.39, 0.29) is 17.6 Å². The zero-order chi connectivity index (χ0) is 23.0. The second-order valence-corrected chi connectivity index (χ2v) is 7.60. The summed E-state index contributed by atoms with van der Waals surface area (Å²) in [6.07, 6.45) is 5.95. The van der Waals surface area contributed by atoms with Gasteiger partial charge in [-0.3, -0.25) is 14.6 Å². The summed E-state index contributed by atoms with van der Waals surface area (Å²) in [6.45, 7) is 3.87. The molecule has 0 aromatic carbocycles. The molecule has 4 heterocycles. The molecule has 0 aliphatic carbocycles. The molecule has 8 nitrogen and oxygen atoms in total. The normalized spacial score (nSPS) is 10.8. The van der Waals surface area contributed by atoms with Gasteiger partial charge in [-0.25, -0.2) is 0 Å². The molecule has 170 valence electrons. The van der Waals surface area contributed by atoms with E-state index in [0.717, 1.165) is 17.8 Å². The molecule has 33 heavy (non-hydrogen) atoms. The van der Waals surface area contributed by atoms with Crippen LogP contribution in [0.15, 0.2) is 82.1 Å². The quantitative estimate of drug-likeness (QED) is 0.396. The van der Waals surface area contributed by atoms with Crippen molar-refractivity contribution in [1.82, 2.24) is 19.8 Å². The van der Waals surface area contributed by atoms with Gasteiger partial charge in [-0.1, -0.05) is 13.0 Å². The first-order chi connectivity index (χ1) is 16.1. The summed E-state index contributed by atoms with van der Waals surface area (Å²) in [7, 11) is 0. The molecule has 4 rings (SSSR count). The number of carbonyl (C=O) groups is 2. The first kappa shape index (κ1) is 22.1. The third kappa shape index (κ3) is 5.60. The van der Waals surface area contributed by atoms with Gasteiger partial charge in [-0.15, -0.1) is 0 Å². The molecule has 0 unspecified atom stereocenters. The number of amides is 2. The van der Waals surface area contributed by atoms with Crippen LogP contribution >= 0.6 is 0 Å². The molecule has 1 N–H and O–H groups in total. The number of pyridine rings is 1. The average Bonchev–Trinajstić information content (AvgIpc) is 3.61. The summed E-state index contributed by atoms with van der Waals surface area (Å²) in [6, 6.07) is 16.3. The van der Waals surface area contributed by atoms with Crippen LogP contribution in [0, 0.1) is 0 Å². The van der Waals surface area contributed by atoms with Gasteiger partial charge in [0.05, 0.1) is 31.6 Å². The molecule has 0 aliphatic heterocycles. The van der Waals surface area contributed by atoms with Gasteiger partial charge in [0.1, 0.15) is 5.76 Å². The summed E-state index contributed by atoms with van der Waals surface area (Å²) in [5, 5.41) is 2.81. The third-order valence-electron chi connectivity index (χ3n) is 5.16. The van der Waals surface area contributed by atoms with Gasteiger partial charge in [0.2, 0.25) is 0 Å². The average molecular weight is 447 g/mol. The van der Waals surface area contributed by atoms with Gasteiger partial charge < -0.3 is 23.6 Å². The maximum atomic E-state index is 12.8. The molecule has 4 aromatic rings. The van der Waals surface area contributed by atoms with Crippen molar-refractivity contribution in [1.29, 1.82) is 0 Å². The highest BCUT2D eigenvalue weighted by Crippen LogP contribution is 2.16. The fourth-order valence-electron chi connectivity index (χ4n) is 3.53. The van der Waals surface area contributed by atoms with Crippen molar-refractivity contribution in [2.45, 2.75) is 33.0 Å². The van der Waals surface area contributed by atoms with Crippen molar-refractivity contribution in [2.24, 2.45) is 0 Å². The first-order valence-corrected chi connectivity index (χ1v) is 10.9. The predicted molar refractivity (Wildman–Crippen MR) is 121 cm³/mol. The largest absolute Gasteiger partial charge is 0.459 e. The van der Waals surface area contributed by atoms with E-state index >= 15 is 0 Å². The van der Waals surface area contributed by atoms with Gasteiger partial charge in [0.25, 0.3) is 11.8 Å². The van der Waals surface area contributed by atoms with Gasteiger partial charge in [-0.2, -0.15) is 0 Å². The van der Waals surface area contributed by atoms with Crippen LogP contribution in [0.1, 0.15) is 51.6 Å². The summed E-state index contributed by atoms with van der Waals surface area (Å²) in [5.74, 6) is 0.788. The molecule has 8 heteroatoms. The molecular weight excluding hydrogens is 420 g/mol. The number of aromatic nitrogens is 2. The Morgan fingerprint density at radius 3 is 2.73 bits per heavy atom. The Balaban J connectivity index is 1.39. The van der Waals surface area contributed by atoms with E-state index in [2.05, 4.69) is 10.3 Å². The molecule has 0 bridgehead atoms. The number of furan rings is 2. The Bertz CT molecular complexity index is 1180. The lowest BCUT2D eigenvalue weighted by molar-refractivity contribution is 0.0707. The van der Waals surface area contributed by atoms with Crippen molar-refractivity contribution in [2.75, 3.05) is 6.54 Å². The van der Waals surface area contributed by atoms with Crippen LogP contribution in [0.5, 0.6) is 0 Å². The Morgan fingerprint density at radius 2 is 1.97 bits per heavy atom. The summed E-state index contributed by atoms with van der Waals surface area (Å²) < 4.78 is 13.1. The number of hydrogen-bond acceptors (Lipinski definition) is 5. The van der Waals surface area contributed by atoms with Crippen molar-refractivity contribution in [3.63, 3.8) is 0 Å². The standard InChI is InChI=1S/C25H26N4O4/c1-2-13-29(25(31)23-9-6-15-32-23)17-20-8-5-14-28(20)18-21-10-11-22(33-21)24(30)27-16-19-7-3-4-12-26-19/h3-12,14-15H,2,13,16-18H2,1H3,(H,27,30). The van der Waals surface area contributed by atoms with Crippen LogP contribution in [0.25, 0.3) is 0 Å². The Kier molecular flexibility index (Phi) is 7.04. The first-order valence-electron chi connectivity index (χ1n) is 10.9. The topological polar surface area (TPSA) is 93.5 Å². The highest BCUT2D eigenvalue weighted by molar-refractivity contribution is 5.91. The van der Waals surface area contributed by atoms with Crippen molar-refractivity contribution in [3.05, 3.63) is 102 Å². The third-order valence-corrected chi connectivity index (χ3v) is 5.16. The van der Waals surface area contributed by atoms with Gasteiger partial charge in [-0.05, 0) is 55.0 Å². The Labute approximate surface area is 191 Å². The predicted octanol–water partition coefficient (Wildman–Crippen LogP) is 4.10. The number of hydrogen-bond donors (Lipinski definition) is 1. The highest BCUT2D eigenvalue weighted by Gasteiger charge is 2.19. The van der Waals surface area contributed by atoms with Gasteiger partial charge in [0, 0.05) is 24.6 Å². The molecule has 0 spiro atoms. The monoisotopic (exact) mass is 446 g/mol. The molecule has 0 saturated carbocycles. The van der Waals surface area contributed by atoms with E-state index in [1.165, 1.54) is 6.26 Å². The molecule has 0 atom stereocenters. The fourth-order valence-corrected chi connectivity index (χ4v) is 3.53. The highest BCUT2D eigenvalue weighted by atomic mass is 16.4. The molecular formula is C25H26N4O4. The van der Waals surface area contributed by atoms with Crippen LogP contribution in [-0.2, 0) is 19.6 Å². The maximum Gasteiger partial charge on any atom is 0.289 e. The number of nitrogens with one attached hydrogen (secondary N) is 1. The van der Waals surface area contributed by atoms with E-state index in [9.17, 15) is 9.59 Å². The summed E-state index contributed by atoms with van der Waals surface area (Å²) in [5.41, 5.74) is 1.73.